The van der Waals surface area contributed by atoms with Gasteiger partial charge in [0, 0.05) is 35.7 Å². The second kappa shape index (κ2) is 6.57. The molecule has 1 saturated heterocycles. The average molecular weight is 310 g/mol. The van der Waals surface area contributed by atoms with E-state index in [1.54, 1.807) is 11.8 Å². The first-order chi connectivity index (χ1) is 9.99. The van der Waals surface area contributed by atoms with E-state index in [-0.39, 0.29) is 29.6 Å². The molecule has 2 rings (SSSR count). The number of nitro groups is 1. The highest BCUT2D eigenvalue weighted by Crippen LogP contribution is 2.22. The number of carboxylic acids is 1. The molecule has 1 fully saturated rings. The molecule has 0 aromatic heterocycles. The molecule has 1 unspecified atom stereocenters. The van der Waals surface area contributed by atoms with Gasteiger partial charge in [0.25, 0.3) is 11.6 Å². The molecule has 0 bridgehead atoms. The smallest absolute Gasteiger partial charge is 0.305 e. The van der Waals surface area contributed by atoms with Gasteiger partial charge >= 0.3 is 5.97 Å². The van der Waals surface area contributed by atoms with Gasteiger partial charge in [0.05, 0.1) is 17.4 Å². The number of hydrogen-bond acceptors (Lipinski definition) is 5. The fourth-order valence-electron chi connectivity index (χ4n) is 2.21. The lowest BCUT2D eigenvalue weighted by Crippen LogP contribution is -2.47. The molecule has 1 aliphatic rings. The van der Waals surface area contributed by atoms with Gasteiger partial charge in [0.2, 0.25) is 0 Å². The lowest BCUT2D eigenvalue weighted by atomic mass is 10.1. The molecule has 7 nitrogen and oxygen atoms in total. The maximum absolute atomic E-state index is 12.5. The maximum Gasteiger partial charge on any atom is 0.305 e. The largest absolute Gasteiger partial charge is 0.481 e. The molecule has 1 heterocycles. The fraction of sp³-hybridized carbons (Fsp3) is 0.385. The van der Waals surface area contributed by atoms with Crippen LogP contribution in [0.25, 0.3) is 0 Å². The van der Waals surface area contributed by atoms with Gasteiger partial charge in [-0.3, -0.25) is 19.7 Å². The SMILES string of the molecule is O=C(O)CC1CSCCN1C(=O)c1cccc([N+](=O)[O-])c1. The van der Waals surface area contributed by atoms with Crippen LogP contribution in [0.5, 0.6) is 0 Å². The van der Waals surface area contributed by atoms with Crippen molar-refractivity contribution >= 4 is 29.3 Å². The zero-order chi connectivity index (χ0) is 15.4. The number of rotatable bonds is 4. The summed E-state index contributed by atoms with van der Waals surface area (Å²) < 4.78 is 0. The van der Waals surface area contributed by atoms with Crippen molar-refractivity contribution in [3.8, 4) is 0 Å². The summed E-state index contributed by atoms with van der Waals surface area (Å²) in [5.41, 5.74) is 0.0634. The average Bonchev–Trinajstić information content (AvgIpc) is 2.46. The zero-order valence-electron chi connectivity index (χ0n) is 11.1. The van der Waals surface area contributed by atoms with Gasteiger partial charge in [0.15, 0.2) is 0 Å². The monoisotopic (exact) mass is 310 g/mol. The number of thioether (sulfide) groups is 1. The van der Waals surface area contributed by atoms with Crippen LogP contribution in [0.2, 0.25) is 0 Å². The number of nitro benzene ring substituents is 1. The van der Waals surface area contributed by atoms with E-state index < -0.39 is 10.9 Å². The van der Waals surface area contributed by atoms with Crippen LogP contribution in [-0.4, -0.2) is 50.9 Å². The van der Waals surface area contributed by atoms with E-state index in [4.69, 9.17) is 5.11 Å². The highest BCUT2D eigenvalue weighted by molar-refractivity contribution is 7.99. The molecule has 1 aromatic rings. The quantitative estimate of drug-likeness (QED) is 0.670. The zero-order valence-corrected chi connectivity index (χ0v) is 11.9. The molecule has 1 amide bonds. The lowest BCUT2D eigenvalue weighted by molar-refractivity contribution is -0.384. The molecule has 1 atom stereocenters. The van der Waals surface area contributed by atoms with Crippen molar-refractivity contribution in [3.05, 3.63) is 39.9 Å². The van der Waals surface area contributed by atoms with Gasteiger partial charge in [-0.05, 0) is 6.07 Å². The molecular weight excluding hydrogens is 296 g/mol. The summed E-state index contributed by atoms with van der Waals surface area (Å²) in [6, 6.07) is 5.12. The van der Waals surface area contributed by atoms with Crippen molar-refractivity contribution in [2.24, 2.45) is 0 Å². The summed E-state index contributed by atoms with van der Waals surface area (Å²) in [5, 5.41) is 19.7. The van der Waals surface area contributed by atoms with E-state index in [2.05, 4.69) is 0 Å². The summed E-state index contributed by atoms with van der Waals surface area (Å²) in [7, 11) is 0. The molecule has 0 aliphatic carbocycles. The van der Waals surface area contributed by atoms with Crippen molar-refractivity contribution in [2.75, 3.05) is 18.1 Å². The number of benzene rings is 1. The Hall–Kier alpha value is -2.09. The van der Waals surface area contributed by atoms with Crippen LogP contribution < -0.4 is 0 Å². The number of amides is 1. The maximum atomic E-state index is 12.5. The minimum Gasteiger partial charge on any atom is -0.481 e. The first-order valence-corrected chi connectivity index (χ1v) is 7.49. The van der Waals surface area contributed by atoms with Gasteiger partial charge in [0.1, 0.15) is 0 Å². The first-order valence-electron chi connectivity index (χ1n) is 6.34. The second-order valence-electron chi connectivity index (χ2n) is 4.63. The Morgan fingerprint density at radius 1 is 1.48 bits per heavy atom. The molecule has 1 aliphatic heterocycles. The molecule has 1 aromatic carbocycles. The van der Waals surface area contributed by atoms with E-state index in [1.165, 1.54) is 29.2 Å². The summed E-state index contributed by atoms with van der Waals surface area (Å²) in [6.07, 6.45) is -0.117. The van der Waals surface area contributed by atoms with E-state index in [9.17, 15) is 19.7 Å². The predicted octanol–water partition coefficient (Wildman–Crippen LogP) is 1.63. The Morgan fingerprint density at radius 2 is 2.24 bits per heavy atom. The van der Waals surface area contributed by atoms with E-state index in [1.807, 2.05) is 0 Å². The van der Waals surface area contributed by atoms with Crippen molar-refractivity contribution in [2.45, 2.75) is 12.5 Å². The lowest BCUT2D eigenvalue weighted by Gasteiger charge is -2.34. The summed E-state index contributed by atoms with van der Waals surface area (Å²) >= 11 is 1.60. The summed E-state index contributed by atoms with van der Waals surface area (Å²) in [5.74, 6) is -0.0198. The van der Waals surface area contributed by atoms with Crippen LogP contribution in [0, 0.1) is 10.1 Å². The first kappa shape index (κ1) is 15.3. The van der Waals surface area contributed by atoms with Crippen LogP contribution in [0.15, 0.2) is 24.3 Å². The number of nitrogens with zero attached hydrogens (tertiary/aromatic N) is 2. The molecule has 0 saturated carbocycles. The van der Waals surface area contributed by atoms with E-state index >= 15 is 0 Å². The van der Waals surface area contributed by atoms with Gasteiger partial charge in [-0.1, -0.05) is 6.07 Å². The molecule has 112 valence electrons. The number of carboxylic acid groups (broad SMARTS) is 1. The van der Waals surface area contributed by atoms with Gasteiger partial charge in [-0.25, -0.2) is 0 Å². The minimum absolute atomic E-state index is 0.117. The molecule has 8 heteroatoms. The second-order valence-corrected chi connectivity index (χ2v) is 5.78. The van der Waals surface area contributed by atoms with Crippen LogP contribution in [0.1, 0.15) is 16.8 Å². The third-order valence-corrected chi connectivity index (χ3v) is 4.29. The Bertz CT molecular complexity index is 577. The summed E-state index contributed by atoms with van der Waals surface area (Å²) in [4.78, 5) is 35.1. The molecular formula is C13H14N2O5S. The topological polar surface area (TPSA) is 101 Å². The van der Waals surface area contributed by atoms with Crippen LogP contribution in [0.4, 0.5) is 5.69 Å². The number of aliphatic carboxylic acids is 1. The highest BCUT2D eigenvalue weighted by Gasteiger charge is 2.30. The fourth-order valence-corrected chi connectivity index (χ4v) is 3.27. The molecule has 1 N–H and O–H groups in total. The van der Waals surface area contributed by atoms with Gasteiger partial charge < -0.3 is 10.0 Å². The van der Waals surface area contributed by atoms with Crippen LogP contribution >= 0.6 is 11.8 Å². The number of hydrogen-bond donors (Lipinski definition) is 1. The van der Waals surface area contributed by atoms with Crippen molar-refractivity contribution < 1.29 is 19.6 Å². The molecule has 21 heavy (non-hydrogen) atoms. The number of carbonyl (C=O) groups excluding carboxylic acids is 1. The normalized spacial score (nSPS) is 18.3. The van der Waals surface area contributed by atoms with Crippen molar-refractivity contribution in [1.29, 1.82) is 0 Å². The van der Waals surface area contributed by atoms with Gasteiger partial charge in [-0.15, -0.1) is 0 Å². The van der Waals surface area contributed by atoms with E-state index in [0.29, 0.717) is 12.3 Å². The highest BCUT2D eigenvalue weighted by atomic mass is 32.2. The number of non-ortho nitro benzene ring substituents is 1. The summed E-state index contributed by atoms with van der Waals surface area (Å²) in [6.45, 7) is 0.449. The van der Waals surface area contributed by atoms with Crippen LogP contribution in [0.3, 0.4) is 0 Å². The minimum atomic E-state index is -0.959. The third kappa shape index (κ3) is 3.72. The van der Waals surface area contributed by atoms with Crippen molar-refractivity contribution in [1.82, 2.24) is 4.90 Å². The Balaban J connectivity index is 2.22. The van der Waals surface area contributed by atoms with Crippen LogP contribution in [-0.2, 0) is 4.79 Å². The number of carbonyl (C=O) groups is 2. The Morgan fingerprint density at radius 3 is 2.90 bits per heavy atom. The van der Waals surface area contributed by atoms with E-state index in [0.717, 1.165) is 5.75 Å². The van der Waals surface area contributed by atoms with Crippen molar-refractivity contribution in [3.63, 3.8) is 0 Å². The molecule has 0 spiro atoms. The standard InChI is InChI=1S/C13H14N2O5S/c16-12(17)7-11-8-21-5-4-14(11)13(18)9-2-1-3-10(6-9)15(19)20/h1-3,6,11H,4-5,7-8H2,(H,16,17). The predicted molar refractivity (Wildman–Crippen MR) is 77.5 cm³/mol. The Kier molecular flexibility index (Phi) is 4.79. The third-order valence-electron chi connectivity index (χ3n) is 3.20. The molecule has 0 radical (unpaired) electrons. The Labute approximate surface area is 125 Å². The van der Waals surface area contributed by atoms with Gasteiger partial charge in [-0.2, -0.15) is 11.8 Å².